The minimum absolute atomic E-state index is 0.0232. The number of aryl methyl sites for hydroxylation is 2. The van der Waals surface area contributed by atoms with E-state index in [0.717, 1.165) is 29.5 Å². The number of benzene rings is 2. The van der Waals surface area contributed by atoms with Crippen molar-refractivity contribution < 1.29 is 26.8 Å². The third-order valence-electron chi connectivity index (χ3n) is 4.06. The molecule has 142 valence electrons. The molecule has 1 aromatic heterocycles. The Balaban J connectivity index is 2.28. The number of halogens is 2. The van der Waals surface area contributed by atoms with Gasteiger partial charge in [0, 0.05) is 11.8 Å². The number of hydrogen-bond acceptors (Lipinski definition) is 5. The molecule has 8 heteroatoms. The molecule has 0 saturated heterocycles. The van der Waals surface area contributed by atoms with Crippen molar-refractivity contribution in [2.24, 2.45) is 0 Å². The molecule has 0 aliphatic heterocycles. The Morgan fingerprint density at radius 3 is 2.04 bits per heavy atom. The molecule has 0 amide bonds. The molecule has 2 aromatic carbocycles. The van der Waals surface area contributed by atoms with E-state index in [4.69, 9.17) is 4.52 Å². The molecule has 3 aromatic rings. The lowest BCUT2D eigenvalue weighted by Gasteiger charge is -2.09. The number of aromatic nitrogens is 1. The topological polar surface area (TPSA) is 80.4 Å². The van der Waals surface area contributed by atoms with Crippen molar-refractivity contribution >= 4 is 9.84 Å². The van der Waals surface area contributed by atoms with Gasteiger partial charge in [-0.25, -0.2) is 17.2 Å². The fourth-order valence-corrected chi connectivity index (χ4v) is 3.92. The third-order valence-corrected chi connectivity index (χ3v) is 5.19. The normalized spacial score (nSPS) is 11.8. The van der Waals surface area contributed by atoms with Gasteiger partial charge in [-0.1, -0.05) is 22.3 Å². The highest BCUT2D eigenvalue weighted by Crippen LogP contribution is 2.37. The summed E-state index contributed by atoms with van der Waals surface area (Å²) in [5, 5.41) is 13.5. The van der Waals surface area contributed by atoms with Crippen LogP contribution < -0.4 is 0 Å². The van der Waals surface area contributed by atoms with Crippen LogP contribution in [0.1, 0.15) is 16.9 Å². The zero-order valence-corrected chi connectivity index (χ0v) is 15.7. The van der Waals surface area contributed by atoms with E-state index in [1.165, 1.54) is 0 Å². The maximum Gasteiger partial charge on any atom is 0.181 e. The van der Waals surface area contributed by atoms with Crippen molar-refractivity contribution in [3.05, 3.63) is 58.9 Å². The molecule has 0 spiro atoms. The average molecular weight is 393 g/mol. The highest BCUT2D eigenvalue weighted by molar-refractivity contribution is 7.90. The van der Waals surface area contributed by atoms with Crippen molar-refractivity contribution in [2.75, 3.05) is 6.26 Å². The molecule has 5 nitrogen and oxygen atoms in total. The first-order chi connectivity index (χ1) is 12.6. The summed E-state index contributed by atoms with van der Waals surface area (Å²) in [6, 6.07) is 7.41. The number of rotatable bonds is 4. The second-order valence-electron chi connectivity index (χ2n) is 6.41. The lowest BCUT2D eigenvalue weighted by Crippen LogP contribution is -2.05. The van der Waals surface area contributed by atoms with Crippen LogP contribution in [0.15, 0.2) is 39.8 Å². The summed E-state index contributed by atoms with van der Waals surface area (Å²) < 4.78 is 57.1. The number of sulfone groups is 1. The summed E-state index contributed by atoms with van der Waals surface area (Å²) in [5.41, 5.74) is 3.09. The summed E-state index contributed by atoms with van der Waals surface area (Å²) in [6.07, 6.45) is 0.730. The molecule has 0 aliphatic rings. The molecule has 27 heavy (non-hydrogen) atoms. The summed E-state index contributed by atoms with van der Waals surface area (Å²) in [6.45, 7) is 3.25. The Morgan fingerprint density at radius 1 is 1.00 bits per heavy atom. The van der Waals surface area contributed by atoms with Gasteiger partial charge in [0.05, 0.1) is 5.56 Å². The van der Waals surface area contributed by atoms with Crippen LogP contribution in [-0.2, 0) is 16.4 Å². The van der Waals surface area contributed by atoms with Crippen molar-refractivity contribution in [1.82, 2.24) is 5.16 Å². The molecule has 0 bridgehead atoms. The largest absolute Gasteiger partial charge is 0.388 e. The van der Waals surface area contributed by atoms with E-state index < -0.39 is 33.0 Å². The minimum Gasteiger partial charge on any atom is -0.388 e. The Labute approximate surface area is 155 Å². The van der Waals surface area contributed by atoms with Gasteiger partial charge in [0.25, 0.3) is 0 Å². The fraction of sp³-hybridized carbons (Fsp3) is 0.211. The predicted molar refractivity (Wildman–Crippen MR) is 95.8 cm³/mol. The quantitative estimate of drug-likeness (QED) is 0.729. The smallest absolute Gasteiger partial charge is 0.181 e. The Bertz CT molecular complexity index is 1090. The van der Waals surface area contributed by atoms with Crippen molar-refractivity contribution in [1.29, 1.82) is 0 Å². The van der Waals surface area contributed by atoms with Gasteiger partial charge in [-0.3, -0.25) is 0 Å². The summed E-state index contributed by atoms with van der Waals surface area (Å²) in [5.74, 6) is -2.41. The lowest BCUT2D eigenvalue weighted by molar-refractivity contribution is 0.230. The minimum atomic E-state index is -4.08. The fourth-order valence-electron chi connectivity index (χ4n) is 3.10. The van der Waals surface area contributed by atoms with E-state index >= 15 is 0 Å². The number of nitrogens with zero attached hydrogens (tertiary/aromatic N) is 1. The molecular weight excluding hydrogens is 376 g/mol. The second kappa shape index (κ2) is 6.86. The monoisotopic (exact) mass is 393 g/mol. The SMILES string of the molecule is Cc1cc(C)cc(-c2noc(CO)c2-c2cc(F)c(S(C)(=O)=O)c(F)c2)c1. The lowest BCUT2D eigenvalue weighted by atomic mass is 9.97. The van der Waals surface area contributed by atoms with Gasteiger partial charge < -0.3 is 9.63 Å². The third kappa shape index (κ3) is 3.63. The standard InChI is InChI=1S/C19H17F2NO4S/c1-10-4-11(2)6-13(5-10)18-17(16(9-23)26-22-18)12-7-14(20)19(15(21)8-12)27(3,24)25/h4-8,23H,9H2,1-3H3. The molecule has 0 atom stereocenters. The van der Waals surface area contributed by atoms with Gasteiger partial charge in [-0.05, 0) is 43.7 Å². The molecule has 0 fully saturated rings. The highest BCUT2D eigenvalue weighted by atomic mass is 32.2. The van der Waals surface area contributed by atoms with E-state index in [-0.39, 0.29) is 16.9 Å². The van der Waals surface area contributed by atoms with Gasteiger partial charge >= 0.3 is 0 Å². The van der Waals surface area contributed by atoms with Crippen LogP contribution in [0.4, 0.5) is 8.78 Å². The maximum atomic E-state index is 14.4. The van der Waals surface area contributed by atoms with Crippen molar-refractivity contribution in [3.63, 3.8) is 0 Å². The molecule has 3 rings (SSSR count). The average Bonchev–Trinajstić information content (AvgIpc) is 2.95. The van der Waals surface area contributed by atoms with Gasteiger partial charge in [0.2, 0.25) is 0 Å². The van der Waals surface area contributed by atoms with Crippen LogP contribution in [0, 0.1) is 25.5 Å². The Hall–Kier alpha value is -2.58. The molecule has 1 N–H and O–H groups in total. The maximum absolute atomic E-state index is 14.4. The molecule has 0 unspecified atom stereocenters. The summed E-state index contributed by atoms with van der Waals surface area (Å²) >= 11 is 0. The van der Waals surface area contributed by atoms with E-state index in [9.17, 15) is 22.3 Å². The zero-order chi connectivity index (χ0) is 19.9. The van der Waals surface area contributed by atoms with Gasteiger partial charge in [-0.2, -0.15) is 0 Å². The molecule has 0 radical (unpaired) electrons. The first-order valence-electron chi connectivity index (χ1n) is 7.99. The highest BCUT2D eigenvalue weighted by Gasteiger charge is 2.25. The predicted octanol–water partition coefficient (Wildman–Crippen LogP) is 3.80. The summed E-state index contributed by atoms with van der Waals surface area (Å²) in [7, 11) is -4.08. The van der Waals surface area contributed by atoms with Gasteiger partial charge in [0.1, 0.15) is 28.8 Å². The first-order valence-corrected chi connectivity index (χ1v) is 9.88. The van der Waals surface area contributed by atoms with Crippen LogP contribution >= 0.6 is 0 Å². The van der Waals surface area contributed by atoms with Crippen LogP contribution in [0.25, 0.3) is 22.4 Å². The van der Waals surface area contributed by atoms with Crippen LogP contribution in [0.5, 0.6) is 0 Å². The van der Waals surface area contributed by atoms with E-state index in [1.54, 1.807) is 0 Å². The Kier molecular flexibility index (Phi) is 4.88. The van der Waals surface area contributed by atoms with Gasteiger partial charge in [-0.15, -0.1) is 0 Å². The van der Waals surface area contributed by atoms with Crippen molar-refractivity contribution in [2.45, 2.75) is 25.3 Å². The number of hydrogen-bond donors (Lipinski definition) is 1. The molecule has 0 saturated carbocycles. The first kappa shape index (κ1) is 19.2. The molecule has 0 aliphatic carbocycles. The zero-order valence-electron chi connectivity index (χ0n) is 14.9. The Morgan fingerprint density at radius 2 is 1.56 bits per heavy atom. The second-order valence-corrected chi connectivity index (χ2v) is 8.36. The van der Waals surface area contributed by atoms with E-state index in [0.29, 0.717) is 11.3 Å². The molecule has 1 heterocycles. The number of aliphatic hydroxyl groups is 1. The van der Waals surface area contributed by atoms with Crippen LogP contribution in [-0.4, -0.2) is 24.9 Å². The van der Waals surface area contributed by atoms with Crippen LogP contribution in [0.2, 0.25) is 0 Å². The number of aliphatic hydroxyl groups excluding tert-OH is 1. The van der Waals surface area contributed by atoms with E-state index in [1.807, 2.05) is 32.0 Å². The van der Waals surface area contributed by atoms with Crippen molar-refractivity contribution in [3.8, 4) is 22.4 Å². The van der Waals surface area contributed by atoms with E-state index in [2.05, 4.69) is 5.16 Å². The van der Waals surface area contributed by atoms with Crippen LogP contribution in [0.3, 0.4) is 0 Å². The molecular formula is C19H17F2NO4S. The van der Waals surface area contributed by atoms with Gasteiger partial charge in [0.15, 0.2) is 15.6 Å². The summed E-state index contributed by atoms with van der Waals surface area (Å²) in [4.78, 5) is -0.999.